The van der Waals surface area contributed by atoms with E-state index in [0.29, 0.717) is 24.8 Å². The minimum Gasteiger partial charge on any atom is -0.371 e. The summed E-state index contributed by atoms with van der Waals surface area (Å²) in [5.74, 6) is 0.953. The van der Waals surface area contributed by atoms with Gasteiger partial charge in [-0.2, -0.15) is 0 Å². The lowest BCUT2D eigenvalue weighted by Crippen LogP contribution is -2.43. The predicted molar refractivity (Wildman–Crippen MR) is 89.5 cm³/mol. The van der Waals surface area contributed by atoms with Gasteiger partial charge in [0, 0.05) is 12.7 Å². The van der Waals surface area contributed by atoms with Crippen LogP contribution >= 0.6 is 0 Å². The first-order valence-electron chi connectivity index (χ1n) is 8.30. The molecular formula is C18H23N3O3. The highest BCUT2D eigenvalue weighted by atomic mass is 16.5. The summed E-state index contributed by atoms with van der Waals surface area (Å²) in [6.45, 7) is 5.05. The SMILES string of the molecule is CC(C)c1cc(CNC(=O)N[C@H]2CCO[C@@H]2c2ccccc2)on1. The first-order chi connectivity index (χ1) is 11.6. The minimum absolute atomic E-state index is 0.0339. The van der Waals surface area contributed by atoms with Crippen LogP contribution in [0.5, 0.6) is 0 Å². The topological polar surface area (TPSA) is 76.4 Å². The summed E-state index contributed by atoms with van der Waals surface area (Å²) in [7, 11) is 0. The molecule has 1 saturated heterocycles. The molecular weight excluding hydrogens is 306 g/mol. The molecule has 2 atom stereocenters. The van der Waals surface area contributed by atoms with Crippen LogP contribution in [-0.2, 0) is 11.3 Å². The van der Waals surface area contributed by atoms with Gasteiger partial charge in [0.05, 0.1) is 18.3 Å². The number of urea groups is 1. The van der Waals surface area contributed by atoms with E-state index >= 15 is 0 Å². The molecule has 2 amide bonds. The van der Waals surface area contributed by atoms with Gasteiger partial charge in [0.15, 0.2) is 5.76 Å². The minimum atomic E-state index is -0.228. The van der Waals surface area contributed by atoms with Crippen molar-refractivity contribution in [2.24, 2.45) is 0 Å². The highest BCUT2D eigenvalue weighted by Crippen LogP contribution is 2.28. The number of carbonyl (C=O) groups excluding carboxylic acids is 1. The second-order valence-electron chi connectivity index (χ2n) is 6.30. The number of carbonyl (C=O) groups is 1. The summed E-state index contributed by atoms with van der Waals surface area (Å²) in [5, 5.41) is 9.78. The molecule has 3 rings (SSSR count). The second-order valence-corrected chi connectivity index (χ2v) is 6.30. The first-order valence-corrected chi connectivity index (χ1v) is 8.30. The summed E-state index contributed by atoms with van der Waals surface area (Å²) in [5.41, 5.74) is 1.97. The van der Waals surface area contributed by atoms with Gasteiger partial charge in [0.2, 0.25) is 0 Å². The molecule has 1 aromatic heterocycles. The quantitative estimate of drug-likeness (QED) is 0.883. The fourth-order valence-electron chi connectivity index (χ4n) is 2.78. The molecule has 1 aliphatic heterocycles. The van der Waals surface area contributed by atoms with Crippen molar-refractivity contribution in [3.63, 3.8) is 0 Å². The van der Waals surface area contributed by atoms with Gasteiger partial charge in [0.1, 0.15) is 6.10 Å². The van der Waals surface area contributed by atoms with E-state index in [1.165, 1.54) is 0 Å². The van der Waals surface area contributed by atoms with Crippen molar-refractivity contribution in [3.8, 4) is 0 Å². The van der Waals surface area contributed by atoms with Gasteiger partial charge in [0.25, 0.3) is 0 Å². The lowest BCUT2D eigenvalue weighted by atomic mass is 10.0. The number of benzene rings is 1. The summed E-state index contributed by atoms with van der Waals surface area (Å²) < 4.78 is 11.0. The van der Waals surface area contributed by atoms with Crippen LogP contribution in [0, 0.1) is 0 Å². The number of nitrogens with one attached hydrogen (secondary N) is 2. The maximum absolute atomic E-state index is 12.2. The largest absolute Gasteiger partial charge is 0.371 e. The van der Waals surface area contributed by atoms with Gasteiger partial charge in [-0.1, -0.05) is 49.3 Å². The van der Waals surface area contributed by atoms with Crippen LogP contribution in [0.3, 0.4) is 0 Å². The average molecular weight is 329 g/mol. The van der Waals surface area contributed by atoms with Gasteiger partial charge < -0.3 is 19.9 Å². The molecule has 24 heavy (non-hydrogen) atoms. The van der Waals surface area contributed by atoms with E-state index < -0.39 is 0 Å². The third kappa shape index (κ3) is 3.94. The number of hydrogen-bond acceptors (Lipinski definition) is 4. The maximum Gasteiger partial charge on any atom is 0.315 e. The Labute approximate surface area is 141 Å². The van der Waals surface area contributed by atoms with Gasteiger partial charge >= 0.3 is 6.03 Å². The molecule has 1 fully saturated rings. The Morgan fingerprint density at radius 2 is 2.12 bits per heavy atom. The Balaban J connectivity index is 1.52. The molecule has 0 spiro atoms. The van der Waals surface area contributed by atoms with Gasteiger partial charge in [-0.15, -0.1) is 0 Å². The molecule has 2 heterocycles. The third-order valence-corrected chi connectivity index (χ3v) is 4.13. The molecule has 6 heteroatoms. The van der Waals surface area contributed by atoms with Crippen molar-refractivity contribution >= 4 is 6.03 Å². The zero-order chi connectivity index (χ0) is 16.9. The third-order valence-electron chi connectivity index (χ3n) is 4.13. The van der Waals surface area contributed by atoms with E-state index in [-0.39, 0.29) is 18.2 Å². The number of nitrogens with zero attached hydrogens (tertiary/aromatic N) is 1. The molecule has 0 radical (unpaired) electrons. The van der Waals surface area contributed by atoms with E-state index in [2.05, 4.69) is 15.8 Å². The summed E-state index contributed by atoms with van der Waals surface area (Å²) in [6.07, 6.45) is 0.696. The first kappa shape index (κ1) is 16.5. The highest BCUT2D eigenvalue weighted by molar-refractivity contribution is 5.74. The molecule has 6 nitrogen and oxygen atoms in total. The van der Waals surface area contributed by atoms with Crippen LogP contribution in [-0.4, -0.2) is 23.8 Å². The second kappa shape index (κ2) is 7.49. The number of aromatic nitrogens is 1. The number of ether oxygens (including phenoxy) is 1. The molecule has 0 aliphatic carbocycles. The standard InChI is InChI=1S/C18H23N3O3/c1-12(2)16-10-14(24-21-16)11-19-18(22)20-15-8-9-23-17(15)13-6-4-3-5-7-13/h3-7,10,12,15,17H,8-9,11H2,1-2H3,(H2,19,20,22)/t15-,17+/m0/s1. The summed E-state index contributed by atoms with van der Waals surface area (Å²) in [4.78, 5) is 12.2. The highest BCUT2D eigenvalue weighted by Gasteiger charge is 2.30. The number of rotatable bonds is 5. The fourth-order valence-corrected chi connectivity index (χ4v) is 2.78. The van der Waals surface area contributed by atoms with Gasteiger partial charge in [-0.3, -0.25) is 0 Å². The Hall–Kier alpha value is -2.34. The van der Waals surface area contributed by atoms with Crippen molar-refractivity contribution in [2.45, 2.75) is 44.9 Å². The van der Waals surface area contributed by atoms with Crippen molar-refractivity contribution in [3.05, 3.63) is 53.4 Å². The Morgan fingerprint density at radius 3 is 2.83 bits per heavy atom. The molecule has 1 aromatic carbocycles. The zero-order valence-corrected chi connectivity index (χ0v) is 14.0. The lowest BCUT2D eigenvalue weighted by molar-refractivity contribution is 0.0999. The smallest absolute Gasteiger partial charge is 0.315 e. The molecule has 0 saturated carbocycles. The predicted octanol–water partition coefficient (Wildman–Crippen LogP) is 3.13. The van der Waals surface area contributed by atoms with Crippen LogP contribution in [0.4, 0.5) is 4.79 Å². The Bertz CT molecular complexity index is 669. The zero-order valence-electron chi connectivity index (χ0n) is 14.0. The van der Waals surface area contributed by atoms with Crippen LogP contribution in [0.2, 0.25) is 0 Å². The van der Waals surface area contributed by atoms with Crippen molar-refractivity contribution in [2.75, 3.05) is 6.61 Å². The van der Waals surface area contributed by atoms with E-state index in [4.69, 9.17) is 9.26 Å². The molecule has 128 valence electrons. The monoisotopic (exact) mass is 329 g/mol. The van der Waals surface area contributed by atoms with Gasteiger partial charge in [-0.25, -0.2) is 4.79 Å². The molecule has 2 N–H and O–H groups in total. The van der Waals surface area contributed by atoms with Crippen LogP contribution in [0.15, 0.2) is 40.9 Å². The maximum atomic E-state index is 12.2. The van der Waals surface area contributed by atoms with E-state index in [1.807, 2.05) is 50.2 Å². The Morgan fingerprint density at radius 1 is 1.33 bits per heavy atom. The number of hydrogen-bond donors (Lipinski definition) is 2. The van der Waals surface area contributed by atoms with E-state index in [1.54, 1.807) is 0 Å². The van der Waals surface area contributed by atoms with E-state index in [9.17, 15) is 4.79 Å². The van der Waals surface area contributed by atoms with Crippen LogP contribution in [0.25, 0.3) is 0 Å². The van der Waals surface area contributed by atoms with Crippen LogP contribution in [0.1, 0.15) is 49.3 Å². The molecule has 0 unspecified atom stereocenters. The number of amides is 2. The molecule has 0 bridgehead atoms. The molecule has 2 aromatic rings. The normalized spacial score (nSPS) is 20.3. The summed E-state index contributed by atoms with van der Waals surface area (Å²) in [6, 6.07) is 11.6. The van der Waals surface area contributed by atoms with E-state index in [0.717, 1.165) is 17.7 Å². The van der Waals surface area contributed by atoms with Crippen molar-refractivity contribution in [1.82, 2.24) is 15.8 Å². The van der Waals surface area contributed by atoms with Gasteiger partial charge in [-0.05, 0) is 17.9 Å². The average Bonchev–Trinajstić information content (AvgIpc) is 3.23. The molecule has 1 aliphatic rings. The van der Waals surface area contributed by atoms with Crippen molar-refractivity contribution < 1.29 is 14.1 Å². The summed E-state index contributed by atoms with van der Waals surface area (Å²) >= 11 is 0. The Kier molecular flexibility index (Phi) is 5.15. The van der Waals surface area contributed by atoms with Crippen molar-refractivity contribution in [1.29, 1.82) is 0 Å². The lowest BCUT2D eigenvalue weighted by Gasteiger charge is -2.20. The van der Waals surface area contributed by atoms with Crippen LogP contribution < -0.4 is 10.6 Å². The fraction of sp³-hybridized carbons (Fsp3) is 0.444.